The molecule has 0 aliphatic carbocycles. The van der Waals surface area contributed by atoms with E-state index < -0.39 is 0 Å². The fourth-order valence-corrected chi connectivity index (χ4v) is 7.51. The lowest BCUT2D eigenvalue weighted by Gasteiger charge is -2.26. The molecule has 4 heteroatoms. The molecule has 0 aliphatic rings. The molecule has 51 heavy (non-hydrogen) atoms. The van der Waals surface area contributed by atoms with E-state index in [-0.39, 0.29) is 0 Å². The number of pyridine rings is 1. The maximum Gasteiger partial charge on any atom is 0.139 e. The van der Waals surface area contributed by atoms with E-state index in [2.05, 4.69) is 167 Å². The van der Waals surface area contributed by atoms with Gasteiger partial charge in [-0.15, -0.1) is 0 Å². The number of nitrogens with zero attached hydrogens (tertiary/aromatic N) is 3. The second-order valence-corrected chi connectivity index (χ2v) is 12.8. The first-order chi connectivity index (χ1) is 25.3. The minimum absolute atomic E-state index is 0.844. The number of rotatable bonds is 6. The lowest BCUT2D eigenvalue weighted by molar-refractivity contribution is 0.668. The van der Waals surface area contributed by atoms with Crippen molar-refractivity contribution in [1.82, 2.24) is 9.55 Å². The van der Waals surface area contributed by atoms with Gasteiger partial charge in [-0.25, -0.2) is 0 Å². The summed E-state index contributed by atoms with van der Waals surface area (Å²) in [7, 11) is 0. The molecule has 0 radical (unpaired) electrons. The molecule has 0 unspecified atom stereocenters. The van der Waals surface area contributed by atoms with E-state index >= 15 is 0 Å². The Morgan fingerprint density at radius 3 is 1.73 bits per heavy atom. The minimum atomic E-state index is 0.844. The zero-order chi connectivity index (χ0) is 33.7. The molecule has 0 bridgehead atoms. The quantitative estimate of drug-likeness (QED) is 0.179. The number of anilines is 3. The van der Waals surface area contributed by atoms with E-state index in [0.29, 0.717) is 0 Å². The molecule has 240 valence electrons. The van der Waals surface area contributed by atoms with Crippen molar-refractivity contribution in [3.8, 4) is 28.1 Å². The van der Waals surface area contributed by atoms with Gasteiger partial charge in [0.05, 0.1) is 22.1 Å². The predicted molar refractivity (Wildman–Crippen MR) is 211 cm³/mol. The Hall–Kier alpha value is -6.91. The Kier molecular flexibility index (Phi) is 6.78. The van der Waals surface area contributed by atoms with Crippen LogP contribution in [0.4, 0.5) is 17.1 Å². The highest BCUT2D eigenvalue weighted by atomic mass is 16.3. The second-order valence-electron chi connectivity index (χ2n) is 12.8. The van der Waals surface area contributed by atoms with Crippen LogP contribution in [0.15, 0.2) is 193 Å². The minimum Gasteiger partial charge on any atom is -0.456 e. The average molecular weight is 654 g/mol. The number of fused-ring (bicyclic) bond motifs is 6. The van der Waals surface area contributed by atoms with Crippen LogP contribution in [0, 0.1) is 0 Å². The van der Waals surface area contributed by atoms with Crippen LogP contribution in [0.2, 0.25) is 0 Å². The summed E-state index contributed by atoms with van der Waals surface area (Å²) in [4.78, 5) is 7.10. The monoisotopic (exact) mass is 653 g/mol. The molecule has 0 spiro atoms. The smallest absolute Gasteiger partial charge is 0.139 e. The molecule has 0 fully saturated rings. The van der Waals surface area contributed by atoms with E-state index in [9.17, 15) is 0 Å². The normalized spacial score (nSPS) is 11.5. The molecule has 0 N–H and O–H groups in total. The molecule has 4 nitrogen and oxygen atoms in total. The molecule has 3 heterocycles. The lowest BCUT2D eigenvalue weighted by Crippen LogP contribution is -2.09. The Morgan fingerprint density at radius 2 is 1.02 bits per heavy atom. The molecule has 3 aromatic heterocycles. The van der Waals surface area contributed by atoms with Gasteiger partial charge in [0.25, 0.3) is 0 Å². The molecule has 0 saturated carbocycles. The summed E-state index contributed by atoms with van der Waals surface area (Å²) >= 11 is 0. The van der Waals surface area contributed by atoms with E-state index in [1.165, 1.54) is 27.4 Å². The van der Waals surface area contributed by atoms with Gasteiger partial charge in [0, 0.05) is 50.7 Å². The highest BCUT2D eigenvalue weighted by Crippen LogP contribution is 2.39. The maximum absolute atomic E-state index is 6.14. The van der Waals surface area contributed by atoms with E-state index in [1.807, 2.05) is 30.5 Å². The van der Waals surface area contributed by atoms with Crippen molar-refractivity contribution in [1.29, 1.82) is 0 Å². The Bertz CT molecular complexity index is 2800. The molecule has 0 aliphatic heterocycles. The van der Waals surface area contributed by atoms with Crippen molar-refractivity contribution in [2.24, 2.45) is 0 Å². The van der Waals surface area contributed by atoms with Gasteiger partial charge in [-0.2, -0.15) is 0 Å². The highest BCUT2D eigenvalue weighted by Gasteiger charge is 2.17. The van der Waals surface area contributed by atoms with Crippen LogP contribution in [-0.2, 0) is 0 Å². The highest BCUT2D eigenvalue weighted by molar-refractivity contribution is 6.11. The molecule has 10 rings (SSSR count). The molecule has 10 aromatic rings. The lowest BCUT2D eigenvalue weighted by atomic mass is 10.0. The number of furan rings is 1. The van der Waals surface area contributed by atoms with Crippen molar-refractivity contribution >= 4 is 60.8 Å². The number of hydrogen-bond acceptors (Lipinski definition) is 3. The zero-order valence-corrected chi connectivity index (χ0v) is 27.6. The predicted octanol–water partition coefficient (Wildman–Crippen LogP) is 12.9. The summed E-state index contributed by atoms with van der Waals surface area (Å²) in [5.74, 6) is 0. The van der Waals surface area contributed by atoms with Gasteiger partial charge in [0.1, 0.15) is 11.2 Å². The van der Waals surface area contributed by atoms with Crippen molar-refractivity contribution in [2.45, 2.75) is 0 Å². The van der Waals surface area contributed by atoms with E-state index in [1.54, 1.807) is 0 Å². The second kappa shape index (κ2) is 11.9. The van der Waals surface area contributed by atoms with Crippen molar-refractivity contribution in [3.63, 3.8) is 0 Å². The maximum atomic E-state index is 6.14. The first-order valence-corrected chi connectivity index (χ1v) is 17.2. The third kappa shape index (κ3) is 4.88. The van der Waals surface area contributed by atoms with Gasteiger partial charge in [-0.05, 0) is 83.9 Å². The van der Waals surface area contributed by atoms with Crippen molar-refractivity contribution < 1.29 is 4.42 Å². The van der Waals surface area contributed by atoms with Gasteiger partial charge < -0.3 is 13.9 Å². The van der Waals surface area contributed by atoms with Crippen LogP contribution in [-0.4, -0.2) is 9.55 Å². The number of hydrogen-bond donors (Lipinski definition) is 0. The van der Waals surface area contributed by atoms with Crippen molar-refractivity contribution in [2.75, 3.05) is 4.90 Å². The zero-order valence-electron chi connectivity index (χ0n) is 27.6. The summed E-state index contributed by atoms with van der Waals surface area (Å²) in [6.45, 7) is 0. The first kappa shape index (κ1) is 29.0. The summed E-state index contributed by atoms with van der Waals surface area (Å²) < 4.78 is 8.51. The third-order valence-corrected chi connectivity index (χ3v) is 9.85. The van der Waals surface area contributed by atoms with Gasteiger partial charge in [0.2, 0.25) is 0 Å². The largest absolute Gasteiger partial charge is 0.456 e. The third-order valence-electron chi connectivity index (χ3n) is 9.85. The SMILES string of the molecule is c1ccc(N(c2ccc(-c3cccc(-n4c5ccccc5c5ccccc54)c3)cc2)c2ccc(-c3nccc4oc5ccccc5c34)cc2)cc1. The fraction of sp³-hybridized carbons (Fsp3) is 0. The molecule has 0 saturated heterocycles. The standard InChI is InChI=1S/C47H31N3O/c1-2-12-35(13-3-1)49(37-27-23-33(24-28-37)47-46-41-17-6-9-20-44(41)51-45(46)29-30-48-47)36-25-21-32(22-26-36)34-11-10-14-38(31-34)50-42-18-7-4-15-39(42)40-16-5-8-19-43(40)50/h1-31H. The topological polar surface area (TPSA) is 34.2 Å². The van der Waals surface area contributed by atoms with Crippen LogP contribution in [0.1, 0.15) is 0 Å². The number of para-hydroxylation sites is 4. The fourth-order valence-electron chi connectivity index (χ4n) is 7.51. The Morgan fingerprint density at radius 1 is 0.431 bits per heavy atom. The van der Waals surface area contributed by atoms with E-state index in [4.69, 9.17) is 9.40 Å². The molecule has 7 aromatic carbocycles. The summed E-state index contributed by atoms with van der Waals surface area (Å²) in [6, 6.07) is 64.3. The van der Waals surface area contributed by atoms with Crippen LogP contribution in [0.5, 0.6) is 0 Å². The molecular weight excluding hydrogens is 623 g/mol. The van der Waals surface area contributed by atoms with Gasteiger partial charge in [-0.1, -0.05) is 109 Å². The van der Waals surface area contributed by atoms with Gasteiger partial charge >= 0.3 is 0 Å². The molecular formula is C47H31N3O. The van der Waals surface area contributed by atoms with Crippen LogP contribution in [0.25, 0.3) is 71.8 Å². The summed E-state index contributed by atoms with van der Waals surface area (Å²) in [5, 5.41) is 4.64. The van der Waals surface area contributed by atoms with E-state index in [0.717, 1.165) is 61.5 Å². The molecule has 0 amide bonds. The summed E-state index contributed by atoms with van der Waals surface area (Å²) in [6.07, 6.45) is 1.82. The molecule has 0 atom stereocenters. The first-order valence-electron chi connectivity index (χ1n) is 17.2. The summed E-state index contributed by atoms with van der Waals surface area (Å²) in [5.41, 5.74) is 12.8. The Labute approximate surface area is 295 Å². The van der Waals surface area contributed by atoms with Crippen LogP contribution >= 0.6 is 0 Å². The van der Waals surface area contributed by atoms with Gasteiger partial charge in [0.15, 0.2) is 0 Å². The van der Waals surface area contributed by atoms with Crippen molar-refractivity contribution in [3.05, 3.63) is 188 Å². The van der Waals surface area contributed by atoms with Gasteiger partial charge in [-0.3, -0.25) is 4.98 Å². The average Bonchev–Trinajstić information content (AvgIpc) is 3.75. The number of aromatic nitrogens is 2. The van der Waals surface area contributed by atoms with Crippen LogP contribution < -0.4 is 4.90 Å². The number of benzene rings is 7. The Balaban J connectivity index is 1.02. The van der Waals surface area contributed by atoms with Crippen LogP contribution in [0.3, 0.4) is 0 Å².